The van der Waals surface area contributed by atoms with E-state index >= 15 is 0 Å². The van der Waals surface area contributed by atoms with Gasteiger partial charge in [0.05, 0.1) is 12.7 Å². The average molecular weight is 312 g/mol. The van der Waals surface area contributed by atoms with Gasteiger partial charge >= 0.3 is 0 Å². The zero-order valence-corrected chi connectivity index (χ0v) is 14.3. The van der Waals surface area contributed by atoms with Crippen LogP contribution in [0.1, 0.15) is 56.1 Å². The maximum Gasteiger partial charge on any atom is 0.119 e. The van der Waals surface area contributed by atoms with Crippen LogP contribution in [0.3, 0.4) is 0 Å². The Bertz CT molecular complexity index is 637. The van der Waals surface area contributed by atoms with E-state index in [0.29, 0.717) is 17.8 Å². The molecule has 5 atom stereocenters. The Morgan fingerprint density at radius 2 is 2.09 bits per heavy atom. The van der Waals surface area contributed by atoms with E-state index in [4.69, 9.17) is 4.74 Å². The van der Waals surface area contributed by atoms with Gasteiger partial charge in [0.2, 0.25) is 0 Å². The predicted octanol–water partition coefficient (Wildman–Crippen LogP) is 4.47. The molecule has 2 saturated carbocycles. The van der Waals surface area contributed by atoms with Gasteiger partial charge in [-0.3, -0.25) is 0 Å². The first-order chi connectivity index (χ1) is 11.0. The van der Waals surface area contributed by atoms with E-state index in [1.165, 1.54) is 24.0 Å². The number of fused-ring (bicyclic) bond motifs is 5. The second kappa shape index (κ2) is 5.11. The number of benzene rings is 1. The Labute approximate surface area is 139 Å². The average Bonchev–Trinajstić information content (AvgIpc) is 2.86. The van der Waals surface area contributed by atoms with Crippen molar-refractivity contribution in [3.63, 3.8) is 0 Å². The van der Waals surface area contributed by atoms with Gasteiger partial charge in [-0.15, -0.1) is 6.58 Å². The predicted molar refractivity (Wildman–Crippen MR) is 92.8 cm³/mol. The van der Waals surface area contributed by atoms with Crippen LogP contribution in [0, 0.1) is 17.3 Å². The van der Waals surface area contributed by atoms with Crippen LogP contribution in [0.5, 0.6) is 5.75 Å². The summed E-state index contributed by atoms with van der Waals surface area (Å²) in [6.45, 7) is 6.26. The third kappa shape index (κ3) is 1.97. The molecule has 1 N–H and O–H groups in total. The lowest BCUT2D eigenvalue weighted by Crippen LogP contribution is -2.49. The third-order valence-corrected chi connectivity index (χ3v) is 7.49. The van der Waals surface area contributed by atoms with Crippen LogP contribution in [-0.4, -0.2) is 17.8 Å². The molecule has 0 bridgehead atoms. The van der Waals surface area contributed by atoms with Gasteiger partial charge in [0.1, 0.15) is 5.75 Å². The molecule has 0 spiro atoms. The van der Waals surface area contributed by atoms with E-state index in [-0.39, 0.29) is 5.41 Å². The molecule has 3 aliphatic carbocycles. The number of ether oxygens (including phenoxy) is 1. The quantitative estimate of drug-likeness (QED) is 0.817. The molecule has 3 aliphatic rings. The number of hydrogen-bond acceptors (Lipinski definition) is 2. The minimum Gasteiger partial charge on any atom is -0.497 e. The van der Waals surface area contributed by atoms with E-state index < -0.39 is 5.60 Å². The van der Waals surface area contributed by atoms with E-state index in [1.807, 2.05) is 6.08 Å². The molecule has 0 heterocycles. The van der Waals surface area contributed by atoms with E-state index in [2.05, 4.69) is 31.7 Å². The Balaban J connectivity index is 1.69. The van der Waals surface area contributed by atoms with Crippen molar-refractivity contribution in [1.29, 1.82) is 0 Å². The Morgan fingerprint density at radius 3 is 2.83 bits per heavy atom. The molecule has 0 aliphatic heterocycles. The fraction of sp³-hybridized carbons (Fsp3) is 0.619. The molecule has 4 rings (SSSR count). The first-order valence-electron chi connectivity index (χ1n) is 9.05. The first kappa shape index (κ1) is 15.3. The molecule has 1 aromatic carbocycles. The van der Waals surface area contributed by atoms with Crippen LogP contribution in [0.2, 0.25) is 0 Å². The molecule has 1 aromatic rings. The third-order valence-electron chi connectivity index (χ3n) is 7.49. The molecule has 0 amide bonds. The van der Waals surface area contributed by atoms with Crippen LogP contribution >= 0.6 is 0 Å². The van der Waals surface area contributed by atoms with Crippen molar-refractivity contribution in [2.75, 3.05) is 7.11 Å². The summed E-state index contributed by atoms with van der Waals surface area (Å²) in [6.07, 6.45) is 8.54. The van der Waals surface area contributed by atoms with Gasteiger partial charge in [0.15, 0.2) is 0 Å². The number of rotatable bonds is 2. The molecule has 0 radical (unpaired) electrons. The monoisotopic (exact) mass is 312 g/mol. The Hall–Kier alpha value is -1.28. The van der Waals surface area contributed by atoms with Gasteiger partial charge in [-0.05, 0) is 79.5 Å². The zero-order chi connectivity index (χ0) is 16.2. The van der Waals surface area contributed by atoms with Gasteiger partial charge in [0, 0.05) is 5.41 Å². The Morgan fingerprint density at radius 1 is 1.26 bits per heavy atom. The second-order valence-electron chi connectivity index (χ2n) is 8.10. The van der Waals surface area contributed by atoms with Crippen LogP contribution in [0.25, 0.3) is 0 Å². The molecule has 124 valence electrons. The van der Waals surface area contributed by atoms with E-state index in [9.17, 15) is 5.11 Å². The van der Waals surface area contributed by atoms with Crippen LogP contribution < -0.4 is 4.74 Å². The molecule has 0 unspecified atom stereocenters. The highest BCUT2D eigenvalue weighted by molar-refractivity contribution is 5.41. The summed E-state index contributed by atoms with van der Waals surface area (Å²) in [7, 11) is 1.74. The second-order valence-corrected chi connectivity index (χ2v) is 8.10. The molecule has 2 fully saturated rings. The fourth-order valence-electron chi connectivity index (χ4n) is 6.07. The van der Waals surface area contributed by atoms with Crippen molar-refractivity contribution >= 4 is 0 Å². The standard InChI is InChI=1S/C21H28O2/c1-4-21(22)12-10-19-18-7-5-14-13-15(23-3)6-8-16(14)17(18)9-11-20(19,21)2/h4,6,8,13,17-19,22H,1,5,7,9-12H2,2-3H3/t17-,18+,19+,20-,21-/m1/s1. The summed E-state index contributed by atoms with van der Waals surface area (Å²) in [6, 6.07) is 6.64. The minimum atomic E-state index is -0.664. The number of aliphatic hydroxyl groups is 1. The zero-order valence-electron chi connectivity index (χ0n) is 14.3. The minimum absolute atomic E-state index is 0.0138. The van der Waals surface area contributed by atoms with Crippen molar-refractivity contribution < 1.29 is 9.84 Å². The molecule has 0 saturated heterocycles. The summed E-state index contributed by atoms with van der Waals surface area (Å²) in [5.41, 5.74) is 2.37. The van der Waals surface area contributed by atoms with Gasteiger partial charge in [-0.1, -0.05) is 19.1 Å². The lowest BCUT2D eigenvalue weighted by atomic mass is 9.53. The topological polar surface area (TPSA) is 29.5 Å². The highest BCUT2D eigenvalue weighted by Crippen LogP contribution is 2.64. The van der Waals surface area contributed by atoms with E-state index in [1.54, 1.807) is 7.11 Å². The summed E-state index contributed by atoms with van der Waals surface area (Å²) < 4.78 is 5.40. The van der Waals surface area contributed by atoms with Crippen molar-refractivity contribution in [3.05, 3.63) is 42.0 Å². The first-order valence-corrected chi connectivity index (χ1v) is 9.05. The number of methoxy groups -OCH3 is 1. The largest absolute Gasteiger partial charge is 0.497 e. The van der Waals surface area contributed by atoms with Gasteiger partial charge < -0.3 is 9.84 Å². The number of hydrogen-bond donors (Lipinski definition) is 1. The maximum absolute atomic E-state index is 11.1. The van der Waals surface area contributed by atoms with E-state index in [0.717, 1.165) is 31.4 Å². The van der Waals surface area contributed by atoms with Gasteiger partial charge in [0.25, 0.3) is 0 Å². The molecular formula is C21H28O2. The van der Waals surface area contributed by atoms with Crippen LogP contribution in [-0.2, 0) is 6.42 Å². The van der Waals surface area contributed by atoms with Crippen LogP contribution in [0.15, 0.2) is 30.9 Å². The van der Waals surface area contributed by atoms with Crippen molar-refractivity contribution in [2.45, 2.75) is 57.0 Å². The summed E-state index contributed by atoms with van der Waals surface area (Å²) in [4.78, 5) is 0. The lowest BCUT2D eigenvalue weighted by molar-refractivity contribution is -0.0707. The molecule has 2 nitrogen and oxygen atoms in total. The molecule has 0 aromatic heterocycles. The summed E-state index contributed by atoms with van der Waals surface area (Å²) in [5, 5.41) is 11.1. The summed E-state index contributed by atoms with van der Waals surface area (Å²) in [5.74, 6) is 2.97. The SMILES string of the molecule is C=C[C@@]1(O)CC[C@H]2[C@H]3CCc4cc(OC)ccc4[C@H]3CC[C@]21C. The fourth-order valence-corrected chi connectivity index (χ4v) is 6.07. The smallest absolute Gasteiger partial charge is 0.119 e. The van der Waals surface area contributed by atoms with Gasteiger partial charge in [-0.2, -0.15) is 0 Å². The molecular weight excluding hydrogens is 284 g/mol. The highest BCUT2D eigenvalue weighted by Gasteiger charge is 2.60. The highest BCUT2D eigenvalue weighted by atomic mass is 16.5. The van der Waals surface area contributed by atoms with Crippen molar-refractivity contribution in [1.82, 2.24) is 0 Å². The Kier molecular flexibility index (Phi) is 3.39. The molecule has 23 heavy (non-hydrogen) atoms. The van der Waals surface area contributed by atoms with Crippen molar-refractivity contribution in [3.8, 4) is 5.75 Å². The van der Waals surface area contributed by atoms with Crippen LogP contribution in [0.4, 0.5) is 0 Å². The molecule has 2 heteroatoms. The van der Waals surface area contributed by atoms with Crippen molar-refractivity contribution in [2.24, 2.45) is 17.3 Å². The maximum atomic E-state index is 11.1. The summed E-state index contributed by atoms with van der Waals surface area (Å²) >= 11 is 0. The number of aryl methyl sites for hydroxylation is 1. The lowest BCUT2D eigenvalue weighted by Gasteiger charge is -2.52. The van der Waals surface area contributed by atoms with Gasteiger partial charge in [-0.25, -0.2) is 0 Å². The normalized spacial score (nSPS) is 41.6.